The summed E-state index contributed by atoms with van der Waals surface area (Å²) >= 11 is 0. The maximum atomic E-state index is 6.38. The molecule has 1 unspecified atom stereocenters. The zero-order valence-electron chi connectivity index (χ0n) is 16.7. The van der Waals surface area contributed by atoms with Gasteiger partial charge in [-0.3, -0.25) is 4.84 Å². The highest BCUT2D eigenvalue weighted by atomic mass is 16.7. The van der Waals surface area contributed by atoms with Crippen LogP contribution in [0, 0.1) is 5.92 Å². The zero-order chi connectivity index (χ0) is 19.6. The number of aliphatic imine (C=N–C) groups is 1. The Hall–Kier alpha value is -2.91. The van der Waals surface area contributed by atoms with Crippen LogP contribution >= 0.6 is 0 Å². The van der Waals surface area contributed by atoms with Gasteiger partial charge in [-0.05, 0) is 36.6 Å². The van der Waals surface area contributed by atoms with Crippen LogP contribution in [0.4, 0.5) is 11.4 Å². The van der Waals surface area contributed by atoms with E-state index >= 15 is 0 Å². The van der Waals surface area contributed by atoms with Crippen molar-refractivity contribution in [3.8, 4) is 0 Å². The van der Waals surface area contributed by atoms with Crippen LogP contribution in [0.2, 0.25) is 0 Å². The van der Waals surface area contributed by atoms with Gasteiger partial charge in [0.05, 0.1) is 23.7 Å². The molecule has 0 radical (unpaired) electrons. The predicted octanol–water partition coefficient (Wildman–Crippen LogP) is 6.13. The number of anilines is 1. The first-order valence-corrected chi connectivity index (χ1v) is 9.83. The fourth-order valence-electron chi connectivity index (χ4n) is 3.69. The minimum atomic E-state index is -0.518. The number of rotatable bonds is 5. The van der Waals surface area contributed by atoms with Gasteiger partial charge in [-0.15, -0.1) is 0 Å². The molecule has 1 aliphatic rings. The molecule has 0 fully saturated rings. The van der Waals surface area contributed by atoms with E-state index in [0.717, 1.165) is 28.2 Å². The second-order valence-corrected chi connectivity index (χ2v) is 7.74. The second-order valence-electron chi connectivity index (χ2n) is 7.74. The van der Waals surface area contributed by atoms with Crippen LogP contribution in [-0.4, -0.2) is 12.3 Å². The lowest BCUT2D eigenvalue weighted by molar-refractivity contribution is 0.0594. The van der Waals surface area contributed by atoms with Crippen molar-refractivity contribution in [2.24, 2.45) is 10.9 Å². The first-order chi connectivity index (χ1) is 13.6. The van der Waals surface area contributed by atoms with Crippen molar-refractivity contribution < 1.29 is 4.84 Å². The van der Waals surface area contributed by atoms with E-state index < -0.39 is 5.54 Å². The molecule has 0 saturated heterocycles. The fourth-order valence-corrected chi connectivity index (χ4v) is 3.69. The Kier molecular flexibility index (Phi) is 5.01. The number of hydrogen-bond donors (Lipinski definition) is 0. The third-order valence-electron chi connectivity index (χ3n) is 5.12. The Morgan fingerprint density at radius 2 is 1.46 bits per heavy atom. The number of fused-ring (bicyclic) bond motifs is 1. The average Bonchev–Trinajstić information content (AvgIpc) is 2.97. The zero-order valence-corrected chi connectivity index (χ0v) is 16.7. The van der Waals surface area contributed by atoms with Crippen LogP contribution in [0.5, 0.6) is 0 Å². The summed E-state index contributed by atoms with van der Waals surface area (Å²) in [4.78, 5) is 11.5. The Bertz CT molecular complexity index is 966. The Balaban J connectivity index is 1.92. The van der Waals surface area contributed by atoms with E-state index in [-0.39, 0.29) is 0 Å². The number of hydrogen-bond acceptors (Lipinski definition) is 3. The van der Waals surface area contributed by atoms with Gasteiger partial charge in [-0.25, -0.2) is 10.1 Å². The summed E-state index contributed by atoms with van der Waals surface area (Å²) in [5.74, 6) is 0.433. The van der Waals surface area contributed by atoms with Gasteiger partial charge in [0, 0.05) is 5.56 Å². The van der Waals surface area contributed by atoms with Crippen molar-refractivity contribution in [2.75, 3.05) is 11.7 Å². The van der Waals surface area contributed by atoms with Crippen LogP contribution in [0.1, 0.15) is 31.9 Å². The van der Waals surface area contributed by atoms with Crippen LogP contribution in [0.15, 0.2) is 89.9 Å². The van der Waals surface area contributed by atoms with Gasteiger partial charge in [0.1, 0.15) is 5.54 Å². The molecule has 142 valence electrons. The molecule has 4 rings (SSSR count). The molecule has 0 amide bonds. The van der Waals surface area contributed by atoms with Crippen LogP contribution < -0.4 is 5.06 Å². The topological polar surface area (TPSA) is 24.8 Å². The van der Waals surface area contributed by atoms with Crippen molar-refractivity contribution in [3.05, 3.63) is 96.1 Å². The summed E-state index contributed by atoms with van der Waals surface area (Å²) in [6.45, 7) is 7.18. The predicted molar refractivity (Wildman–Crippen MR) is 116 cm³/mol. The lowest BCUT2D eigenvalue weighted by Crippen LogP contribution is -2.46. The monoisotopic (exact) mass is 370 g/mol. The van der Waals surface area contributed by atoms with Gasteiger partial charge in [0.2, 0.25) is 0 Å². The maximum absolute atomic E-state index is 6.38. The molecule has 1 heterocycles. The SMILES string of the molecule is CC(C)CON1c2ccccc2C(=Nc2ccccc2)C1(C)c1ccccc1. The van der Waals surface area contributed by atoms with Crippen LogP contribution in [-0.2, 0) is 10.4 Å². The summed E-state index contributed by atoms with van der Waals surface area (Å²) in [5.41, 5.74) is 4.76. The quantitative estimate of drug-likeness (QED) is 0.539. The molecule has 28 heavy (non-hydrogen) atoms. The molecule has 1 aliphatic heterocycles. The molecule has 0 spiro atoms. The summed E-state index contributed by atoms with van der Waals surface area (Å²) in [7, 11) is 0. The fraction of sp³-hybridized carbons (Fsp3) is 0.240. The lowest BCUT2D eigenvalue weighted by atomic mass is 9.86. The van der Waals surface area contributed by atoms with Crippen molar-refractivity contribution in [2.45, 2.75) is 26.3 Å². The maximum Gasteiger partial charge on any atom is 0.132 e. The molecule has 0 saturated carbocycles. The van der Waals surface area contributed by atoms with Gasteiger partial charge in [0.25, 0.3) is 0 Å². The molecule has 3 aromatic rings. The van der Waals surface area contributed by atoms with Crippen molar-refractivity contribution in [3.63, 3.8) is 0 Å². The Morgan fingerprint density at radius 1 is 0.857 bits per heavy atom. The number of hydroxylamine groups is 1. The first kappa shape index (κ1) is 18.5. The molecule has 0 N–H and O–H groups in total. The van der Waals surface area contributed by atoms with E-state index in [0.29, 0.717) is 12.5 Å². The van der Waals surface area contributed by atoms with Gasteiger partial charge >= 0.3 is 0 Å². The molecule has 3 nitrogen and oxygen atoms in total. The minimum absolute atomic E-state index is 0.433. The van der Waals surface area contributed by atoms with E-state index in [1.807, 2.05) is 36.4 Å². The van der Waals surface area contributed by atoms with Crippen molar-refractivity contribution in [1.82, 2.24) is 0 Å². The van der Waals surface area contributed by atoms with Gasteiger partial charge in [-0.1, -0.05) is 80.6 Å². The minimum Gasteiger partial charge on any atom is -0.272 e. The summed E-state index contributed by atoms with van der Waals surface area (Å²) < 4.78 is 0. The van der Waals surface area contributed by atoms with Crippen molar-refractivity contribution >= 4 is 17.1 Å². The highest BCUT2D eigenvalue weighted by Gasteiger charge is 2.48. The molecule has 3 aromatic carbocycles. The third-order valence-corrected chi connectivity index (χ3v) is 5.12. The Labute approximate surface area is 167 Å². The highest BCUT2D eigenvalue weighted by Crippen LogP contribution is 2.46. The number of benzene rings is 3. The summed E-state index contributed by atoms with van der Waals surface area (Å²) in [6.07, 6.45) is 0. The average molecular weight is 370 g/mol. The van der Waals surface area contributed by atoms with Gasteiger partial charge < -0.3 is 0 Å². The first-order valence-electron chi connectivity index (χ1n) is 9.83. The van der Waals surface area contributed by atoms with E-state index in [4.69, 9.17) is 9.83 Å². The largest absolute Gasteiger partial charge is 0.272 e. The molecule has 0 aromatic heterocycles. The molecule has 3 heteroatoms. The summed E-state index contributed by atoms with van der Waals surface area (Å²) in [6, 6.07) is 29.0. The summed E-state index contributed by atoms with van der Waals surface area (Å²) in [5, 5.41) is 2.06. The number of nitrogens with zero attached hydrogens (tertiary/aromatic N) is 2. The molecule has 0 aliphatic carbocycles. The smallest absolute Gasteiger partial charge is 0.132 e. The molecule has 0 bridgehead atoms. The second kappa shape index (κ2) is 7.61. The van der Waals surface area contributed by atoms with Gasteiger partial charge in [-0.2, -0.15) is 0 Å². The highest BCUT2D eigenvalue weighted by molar-refractivity contribution is 6.17. The third kappa shape index (κ3) is 3.23. The van der Waals surface area contributed by atoms with Gasteiger partial charge in [0.15, 0.2) is 0 Å². The normalized spacial score (nSPS) is 20.0. The number of para-hydroxylation sites is 2. The van der Waals surface area contributed by atoms with Crippen LogP contribution in [0.3, 0.4) is 0 Å². The van der Waals surface area contributed by atoms with Crippen molar-refractivity contribution in [1.29, 1.82) is 0 Å². The van der Waals surface area contributed by atoms with Crippen LogP contribution in [0.25, 0.3) is 0 Å². The van der Waals surface area contributed by atoms with E-state index in [1.54, 1.807) is 0 Å². The molecule has 1 atom stereocenters. The van der Waals surface area contributed by atoms with E-state index in [2.05, 4.69) is 74.4 Å². The lowest BCUT2D eigenvalue weighted by Gasteiger charge is -2.37. The molecular weight excluding hydrogens is 344 g/mol. The molecular formula is C25H26N2O. The van der Waals surface area contributed by atoms with E-state index in [1.165, 1.54) is 0 Å². The van der Waals surface area contributed by atoms with E-state index in [9.17, 15) is 0 Å². The standard InChI is InChI=1S/C25H26N2O/c1-19(2)18-28-27-23-17-11-10-16-22(23)24(26-21-14-8-5-9-15-21)25(27,3)20-12-6-4-7-13-20/h4-17,19H,18H2,1-3H3. The Morgan fingerprint density at radius 3 is 2.14 bits per heavy atom.